The molecule has 1 aromatic heterocycles. The fourth-order valence-corrected chi connectivity index (χ4v) is 2.67. The molecule has 2 rings (SSSR count). The third-order valence-corrected chi connectivity index (χ3v) is 3.73. The van der Waals surface area contributed by atoms with Gasteiger partial charge in [-0.1, -0.05) is 30.0 Å². The van der Waals surface area contributed by atoms with Crippen molar-refractivity contribution in [3.05, 3.63) is 35.0 Å². The highest BCUT2D eigenvalue weighted by molar-refractivity contribution is 8.26. The number of esters is 1. The SMILES string of the molecule is COC(=O)CN1C(=O)C(=Cc2ccccn2)SC1=S. The molecule has 1 amide bonds. The second kappa shape index (κ2) is 5.94. The molecule has 1 aliphatic heterocycles. The molecule has 0 aromatic carbocycles. The maximum Gasteiger partial charge on any atom is 0.325 e. The first kappa shape index (κ1) is 13.7. The van der Waals surface area contributed by atoms with Crippen LogP contribution in [-0.4, -0.2) is 39.7 Å². The van der Waals surface area contributed by atoms with Gasteiger partial charge in [-0.25, -0.2) is 0 Å². The molecule has 7 heteroatoms. The third kappa shape index (κ3) is 3.18. The monoisotopic (exact) mass is 294 g/mol. The first-order valence-electron chi connectivity index (χ1n) is 5.35. The molecule has 0 bridgehead atoms. The van der Waals surface area contributed by atoms with Crippen molar-refractivity contribution >= 4 is 46.3 Å². The van der Waals surface area contributed by atoms with Gasteiger partial charge < -0.3 is 4.74 Å². The van der Waals surface area contributed by atoms with Gasteiger partial charge in [-0.05, 0) is 18.2 Å². The zero-order chi connectivity index (χ0) is 13.8. The van der Waals surface area contributed by atoms with E-state index >= 15 is 0 Å². The molecule has 0 spiro atoms. The number of amides is 1. The van der Waals surface area contributed by atoms with E-state index in [1.165, 1.54) is 12.0 Å². The Morgan fingerprint density at radius 3 is 3.00 bits per heavy atom. The van der Waals surface area contributed by atoms with Crippen LogP contribution in [0.5, 0.6) is 0 Å². The number of carbonyl (C=O) groups excluding carboxylic acids is 2. The van der Waals surface area contributed by atoms with Crippen LogP contribution in [-0.2, 0) is 14.3 Å². The van der Waals surface area contributed by atoms with Gasteiger partial charge in [0.15, 0.2) is 0 Å². The Balaban J connectivity index is 2.18. The van der Waals surface area contributed by atoms with Crippen LogP contribution in [0.15, 0.2) is 29.3 Å². The number of carbonyl (C=O) groups is 2. The van der Waals surface area contributed by atoms with Gasteiger partial charge in [-0.2, -0.15) is 0 Å². The summed E-state index contributed by atoms with van der Waals surface area (Å²) in [5.74, 6) is -0.804. The number of hydrogen-bond donors (Lipinski definition) is 0. The van der Waals surface area contributed by atoms with Crippen molar-refractivity contribution in [3.8, 4) is 0 Å². The van der Waals surface area contributed by atoms with Crippen molar-refractivity contribution in [1.29, 1.82) is 0 Å². The molecule has 2 heterocycles. The van der Waals surface area contributed by atoms with Crippen LogP contribution in [0, 0.1) is 0 Å². The Bertz CT molecular complexity index is 557. The van der Waals surface area contributed by atoms with Crippen molar-refractivity contribution in [2.75, 3.05) is 13.7 Å². The lowest BCUT2D eigenvalue weighted by Gasteiger charge is -2.11. The van der Waals surface area contributed by atoms with Crippen LogP contribution in [0.1, 0.15) is 5.69 Å². The summed E-state index contributed by atoms with van der Waals surface area (Å²) >= 11 is 6.23. The summed E-state index contributed by atoms with van der Waals surface area (Å²) in [7, 11) is 1.27. The molecule has 0 aliphatic carbocycles. The number of ether oxygens (including phenoxy) is 1. The second-order valence-corrected chi connectivity index (χ2v) is 5.27. The molecule has 0 atom stereocenters. The molecule has 0 N–H and O–H groups in total. The smallest absolute Gasteiger partial charge is 0.325 e. The van der Waals surface area contributed by atoms with E-state index < -0.39 is 5.97 Å². The van der Waals surface area contributed by atoms with Crippen molar-refractivity contribution in [1.82, 2.24) is 9.88 Å². The lowest BCUT2D eigenvalue weighted by Crippen LogP contribution is -2.33. The normalized spacial score (nSPS) is 17.1. The highest BCUT2D eigenvalue weighted by atomic mass is 32.2. The van der Waals surface area contributed by atoms with E-state index in [-0.39, 0.29) is 12.5 Å². The van der Waals surface area contributed by atoms with Gasteiger partial charge in [0.05, 0.1) is 17.7 Å². The molecule has 1 fully saturated rings. The number of methoxy groups -OCH3 is 1. The molecule has 1 aliphatic rings. The number of aromatic nitrogens is 1. The Hall–Kier alpha value is -1.73. The molecule has 5 nitrogen and oxygen atoms in total. The van der Waals surface area contributed by atoms with Crippen LogP contribution < -0.4 is 0 Å². The number of pyridine rings is 1. The minimum Gasteiger partial charge on any atom is -0.468 e. The van der Waals surface area contributed by atoms with Crippen LogP contribution in [0.3, 0.4) is 0 Å². The zero-order valence-electron chi connectivity index (χ0n) is 10.0. The van der Waals surface area contributed by atoms with Gasteiger partial charge in [-0.3, -0.25) is 19.5 Å². The first-order chi connectivity index (χ1) is 9.11. The molecule has 98 valence electrons. The van der Waals surface area contributed by atoms with E-state index in [0.717, 1.165) is 11.8 Å². The van der Waals surface area contributed by atoms with Crippen LogP contribution in [0.25, 0.3) is 6.08 Å². The summed E-state index contributed by atoms with van der Waals surface area (Å²) in [6.45, 7) is -0.166. The maximum absolute atomic E-state index is 12.1. The Kier molecular flexibility index (Phi) is 4.28. The van der Waals surface area contributed by atoms with E-state index in [9.17, 15) is 9.59 Å². The predicted molar refractivity (Wildman–Crippen MR) is 76.1 cm³/mol. The molecule has 0 saturated carbocycles. The summed E-state index contributed by atoms with van der Waals surface area (Å²) in [4.78, 5) is 29.1. The van der Waals surface area contributed by atoms with Crippen molar-refractivity contribution in [2.24, 2.45) is 0 Å². The van der Waals surface area contributed by atoms with Gasteiger partial charge in [0.2, 0.25) is 0 Å². The Morgan fingerprint density at radius 1 is 1.58 bits per heavy atom. The summed E-state index contributed by atoms with van der Waals surface area (Å²) in [6, 6.07) is 5.40. The molecule has 19 heavy (non-hydrogen) atoms. The van der Waals surface area contributed by atoms with Crippen LogP contribution >= 0.6 is 24.0 Å². The molecule has 0 radical (unpaired) electrons. The van der Waals surface area contributed by atoms with E-state index in [0.29, 0.717) is 14.9 Å². The summed E-state index contributed by atoms with van der Waals surface area (Å²) < 4.78 is 4.87. The molecular weight excluding hydrogens is 284 g/mol. The van der Waals surface area contributed by atoms with Crippen molar-refractivity contribution in [3.63, 3.8) is 0 Å². The minimum atomic E-state index is -0.504. The van der Waals surface area contributed by atoms with E-state index in [2.05, 4.69) is 9.72 Å². The molecule has 0 unspecified atom stereocenters. The Morgan fingerprint density at radius 2 is 2.37 bits per heavy atom. The first-order valence-corrected chi connectivity index (χ1v) is 6.57. The summed E-state index contributed by atoms with van der Waals surface area (Å²) in [5, 5.41) is 0. The van der Waals surface area contributed by atoms with Crippen molar-refractivity contribution < 1.29 is 14.3 Å². The number of thiocarbonyl (C=S) groups is 1. The molecule has 1 saturated heterocycles. The third-order valence-electron chi connectivity index (χ3n) is 2.36. The Labute approximate surface area is 119 Å². The van der Waals surface area contributed by atoms with Gasteiger partial charge in [0.1, 0.15) is 10.9 Å². The molecule has 1 aromatic rings. The van der Waals surface area contributed by atoms with Crippen molar-refractivity contribution in [2.45, 2.75) is 0 Å². The number of hydrogen-bond acceptors (Lipinski definition) is 6. The van der Waals surface area contributed by atoms with E-state index in [1.54, 1.807) is 24.4 Å². The summed E-state index contributed by atoms with van der Waals surface area (Å²) in [5.41, 5.74) is 0.668. The highest BCUT2D eigenvalue weighted by Gasteiger charge is 2.33. The highest BCUT2D eigenvalue weighted by Crippen LogP contribution is 2.31. The number of nitrogens with zero attached hydrogens (tertiary/aromatic N) is 2. The number of rotatable bonds is 3. The van der Waals surface area contributed by atoms with E-state index in [1.807, 2.05) is 6.07 Å². The van der Waals surface area contributed by atoms with E-state index in [4.69, 9.17) is 12.2 Å². The van der Waals surface area contributed by atoms with Crippen LogP contribution in [0.4, 0.5) is 0 Å². The topological polar surface area (TPSA) is 59.5 Å². The van der Waals surface area contributed by atoms with Gasteiger partial charge in [0, 0.05) is 6.20 Å². The van der Waals surface area contributed by atoms with Crippen LogP contribution in [0.2, 0.25) is 0 Å². The zero-order valence-corrected chi connectivity index (χ0v) is 11.7. The average Bonchev–Trinajstić information content (AvgIpc) is 2.67. The largest absolute Gasteiger partial charge is 0.468 e. The fourth-order valence-electron chi connectivity index (χ4n) is 1.43. The lowest BCUT2D eigenvalue weighted by atomic mass is 10.3. The maximum atomic E-state index is 12.1. The molecular formula is C12H10N2O3S2. The number of thioether (sulfide) groups is 1. The summed E-state index contributed by atoms with van der Waals surface area (Å²) in [6.07, 6.45) is 3.29. The quantitative estimate of drug-likeness (QED) is 0.478. The lowest BCUT2D eigenvalue weighted by molar-refractivity contribution is -0.143. The minimum absolute atomic E-state index is 0.166. The predicted octanol–water partition coefficient (Wildman–Crippen LogP) is 1.46. The standard InChI is InChI=1S/C12H10N2O3S2/c1-17-10(15)7-14-11(16)9(19-12(14)18)6-8-4-2-3-5-13-8/h2-6H,7H2,1H3. The second-order valence-electron chi connectivity index (χ2n) is 3.60. The average molecular weight is 294 g/mol. The fraction of sp³-hybridized carbons (Fsp3) is 0.167. The van der Waals surface area contributed by atoms with Gasteiger partial charge >= 0.3 is 5.97 Å². The van der Waals surface area contributed by atoms with Gasteiger partial charge in [0.25, 0.3) is 5.91 Å². The van der Waals surface area contributed by atoms with Gasteiger partial charge in [-0.15, -0.1) is 0 Å².